The van der Waals surface area contributed by atoms with Crippen LogP contribution < -0.4 is 10.5 Å². The van der Waals surface area contributed by atoms with Crippen LogP contribution in [-0.2, 0) is 0 Å². The number of nitrogens with two attached hydrogens (primary N) is 1. The van der Waals surface area contributed by atoms with E-state index in [-0.39, 0.29) is 23.8 Å². The summed E-state index contributed by atoms with van der Waals surface area (Å²) in [7, 11) is 1.41. The van der Waals surface area contributed by atoms with Gasteiger partial charge in [0, 0.05) is 6.17 Å². The summed E-state index contributed by atoms with van der Waals surface area (Å²) >= 11 is 0. The maximum absolute atomic E-state index is 7.29. The van der Waals surface area contributed by atoms with E-state index in [0.717, 1.165) is 0 Å². The normalized spacial score (nSPS) is 12.1. The van der Waals surface area contributed by atoms with Gasteiger partial charge in [0.15, 0.2) is 11.6 Å². The van der Waals surface area contributed by atoms with Crippen LogP contribution in [0.15, 0.2) is 18.3 Å². The minimum atomic E-state index is -0.0201. The highest BCUT2D eigenvalue weighted by molar-refractivity contribution is 5.44. The molecule has 0 bridgehead atoms. The van der Waals surface area contributed by atoms with E-state index in [2.05, 4.69) is 4.98 Å². The van der Waals surface area contributed by atoms with E-state index in [9.17, 15) is 0 Å². The fourth-order valence-corrected chi connectivity index (χ4v) is 0.488. The predicted octanol–water partition coefficient (Wildman–Crippen LogP) is 0.672. The quantitative estimate of drug-likeness (QED) is 0.601. The highest BCUT2D eigenvalue weighted by Gasteiger charge is 1.93. The van der Waals surface area contributed by atoms with Gasteiger partial charge in [-0.3, -0.25) is 0 Å². The lowest BCUT2D eigenvalue weighted by atomic mass is 10.4. The number of hydrogen-bond acceptors (Lipinski definition) is 3. The molecule has 0 aromatic carbocycles. The Hall–Kier alpha value is -1.25. The molecule has 48 valence electrons. The molecule has 0 spiro atoms. The first-order valence-electron chi connectivity index (χ1n) is 3.43. The maximum Gasteiger partial charge on any atom is 0.166 e. The van der Waals surface area contributed by atoms with Crippen molar-refractivity contribution in [3.05, 3.63) is 18.3 Å². The molecular weight excluding hydrogens is 116 g/mol. The van der Waals surface area contributed by atoms with Crippen molar-refractivity contribution in [2.75, 3.05) is 12.8 Å². The summed E-state index contributed by atoms with van der Waals surface area (Å²) in [6, 6.07) is 1.36. The van der Waals surface area contributed by atoms with Crippen LogP contribution in [0.25, 0.3) is 0 Å². The largest absolute Gasteiger partial charge is 0.493 e. The number of rotatable bonds is 1. The van der Waals surface area contributed by atoms with Crippen LogP contribution in [0.5, 0.6) is 5.75 Å². The molecule has 0 amide bonds. The topological polar surface area (TPSA) is 48.1 Å². The van der Waals surface area contributed by atoms with Gasteiger partial charge in [-0.1, -0.05) is 0 Å². The van der Waals surface area contributed by atoms with Crippen molar-refractivity contribution in [3.8, 4) is 5.75 Å². The van der Waals surface area contributed by atoms with Crippen molar-refractivity contribution < 1.29 is 7.48 Å². The SMILES string of the molecule is [2H]c1cc([2H])c(OC)c(N)n1. The number of hydrogen-bond donors (Lipinski definition) is 1. The lowest BCUT2D eigenvalue weighted by Gasteiger charge is -1.99. The van der Waals surface area contributed by atoms with Gasteiger partial charge >= 0.3 is 0 Å². The zero-order valence-electron chi connectivity index (χ0n) is 7.01. The molecule has 1 aromatic rings. The van der Waals surface area contributed by atoms with E-state index in [1.165, 1.54) is 13.2 Å². The third-order valence-electron chi connectivity index (χ3n) is 0.890. The van der Waals surface area contributed by atoms with Crippen molar-refractivity contribution in [2.24, 2.45) is 0 Å². The Kier molecular flexibility index (Phi) is 0.969. The van der Waals surface area contributed by atoms with E-state index in [1.54, 1.807) is 0 Å². The lowest BCUT2D eigenvalue weighted by molar-refractivity contribution is 0.415. The van der Waals surface area contributed by atoms with Gasteiger partial charge in [-0.15, -0.1) is 0 Å². The molecular formula is C6H8N2O. The number of nitrogen functional groups attached to an aromatic ring is 1. The summed E-state index contributed by atoms with van der Waals surface area (Å²) in [5.41, 5.74) is 5.36. The first-order valence-corrected chi connectivity index (χ1v) is 2.43. The number of nitrogens with zero attached hydrogens (tertiary/aromatic N) is 1. The number of methoxy groups -OCH3 is 1. The van der Waals surface area contributed by atoms with Gasteiger partial charge in [0.1, 0.15) is 0 Å². The van der Waals surface area contributed by atoms with E-state index in [1.807, 2.05) is 0 Å². The summed E-state index contributed by atoms with van der Waals surface area (Å²) < 4.78 is 19.1. The van der Waals surface area contributed by atoms with Crippen molar-refractivity contribution in [2.45, 2.75) is 0 Å². The molecule has 1 rings (SSSR count). The third kappa shape index (κ3) is 1.10. The average Bonchev–Trinajstić information content (AvgIpc) is 1.85. The summed E-state index contributed by atoms with van der Waals surface area (Å²) in [4.78, 5) is 3.60. The first-order chi connectivity index (χ1) is 5.15. The standard InChI is InChI=1S/C6H8N2O/c1-9-5-3-2-4-8-6(5)7/h2-4H,1H3,(H2,7,8)/i3D,4D. The van der Waals surface area contributed by atoms with Crippen LogP contribution in [0, 0.1) is 0 Å². The molecule has 0 fully saturated rings. The van der Waals surface area contributed by atoms with Crippen LogP contribution in [0.1, 0.15) is 2.74 Å². The molecule has 0 aliphatic heterocycles. The minimum absolute atomic E-state index is 0.0201. The summed E-state index contributed by atoms with van der Waals surface area (Å²) in [6.07, 6.45) is -0.0201. The highest BCUT2D eigenvalue weighted by Crippen LogP contribution is 2.14. The van der Waals surface area contributed by atoms with Crippen molar-refractivity contribution >= 4 is 5.82 Å². The van der Waals surface area contributed by atoms with E-state index in [4.69, 9.17) is 13.2 Å². The zero-order valence-corrected chi connectivity index (χ0v) is 5.01. The maximum atomic E-state index is 7.29. The molecule has 3 nitrogen and oxygen atoms in total. The first kappa shape index (κ1) is 3.71. The number of ether oxygens (including phenoxy) is 1. The van der Waals surface area contributed by atoms with Gasteiger partial charge in [-0.2, -0.15) is 0 Å². The van der Waals surface area contributed by atoms with Crippen LogP contribution in [0.3, 0.4) is 0 Å². The van der Waals surface area contributed by atoms with Gasteiger partial charge < -0.3 is 10.5 Å². The van der Waals surface area contributed by atoms with Gasteiger partial charge in [0.2, 0.25) is 0 Å². The highest BCUT2D eigenvalue weighted by atomic mass is 16.5. The Morgan fingerprint density at radius 2 is 2.67 bits per heavy atom. The molecule has 3 heteroatoms. The molecule has 1 aromatic heterocycles. The molecule has 9 heavy (non-hydrogen) atoms. The summed E-state index contributed by atoms with van der Waals surface area (Å²) in [6.45, 7) is 0. The van der Waals surface area contributed by atoms with Gasteiger partial charge in [-0.05, 0) is 12.1 Å². The molecule has 1 heterocycles. The van der Waals surface area contributed by atoms with E-state index >= 15 is 0 Å². The Labute approximate surface area is 56.3 Å². The lowest BCUT2D eigenvalue weighted by Crippen LogP contribution is -1.93. The molecule has 0 saturated carbocycles. The van der Waals surface area contributed by atoms with Crippen molar-refractivity contribution in [3.63, 3.8) is 0 Å². The smallest absolute Gasteiger partial charge is 0.166 e. The third-order valence-corrected chi connectivity index (χ3v) is 0.890. The zero-order chi connectivity index (χ0) is 8.43. The fourth-order valence-electron chi connectivity index (χ4n) is 0.488. The molecule has 0 atom stereocenters. The molecule has 0 aliphatic rings. The van der Waals surface area contributed by atoms with Crippen molar-refractivity contribution in [1.29, 1.82) is 0 Å². The Morgan fingerprint density at radius 1 is 1.89 bits per heavy atom. The van der Waals surface area contributed by atoms with Crippen LogP contribution in [-0.4, -0.2) is 12.1 Å². The molecule has 0 saturated heterocycles. The van der Waals surface area contributed by atoms with E-state index in [0.29, 0.717) is 0 Å². The number of pyridine rings is 1. The monoisotopic (exact) mass is 126 g/mol. The number of anilines is 1. The molecule has 2 N–H and O–H groups in total. The molecule has 0 aliphatic carbocycles. The Bertz CT molecular complexity index is 254. The summed E-state index contributed by atoms with van der Waals surface area (Å²) in [5.74, 6) is 0.311. The van der Waals surface area contributed by atoms with Crippen LogP contribution in [0.2, 0.25) is 0 Å². The second-order valence-corrected chi connectivity index (χ2v) is 1.45. The van der Waals surface area contributed by atoms with Gasteiger partial charge in [0.05, 0.1) is 9.85 Å². The van der Waals surface area contributed by atoms with Gasteiger partial charge in [0.25, 0.3) is 0 Å². The number of aromatic nitrogens is 1. The van der Waals surface area contributed by atoms with Gasteiger partial charge in [-0.25, -0.2) is 4.98 Å². The second-order valence-electron chi connectivity index (χ2n) is 1.45. The molecule has 0 radical (unpaired) electrons. The fraction of sp³-hybridized carbons (Fsp3) is 0.167. The average molecular weight is 126 g/mol. The van der Waals surface area contributed by atoms with Crippen LogP contribution >= 0.6 is 0 Å². The molecule has 0 unspecified atom stereocenters. The van der Waals surface area contributed by atoms with Crippen LogP contribution in [0.4, 0.5) is 5.82 Å². The minimum Gasteiger partial charge on any atom is -0.493 e. The Morgan fingerprint density at radius 3 is 3.22 bits per heavy atom. The second kappa shape index (κ2) is 2.35. The van der Waals surface area contributed by atoms with Crippen molar-refractivity contribution in [1.82, 2.24) is 4.98 Å². The van der Waals surface area contributed by atoms with E-state index < -0.39 is 0 Å². The Balaban J connectivity index is 3.25. The summed E-state index contributed by atoms with van der Waals surface area (Å²) in [5, 5.41) is 0. The predicted molar refractivity (Wildman–Crippen MR) is 35.2 cm³/mol.